The summed E-state index contributed by atoms with van der Waals surface area (Å²) in [6.07, 6.45) is -0.00643. The van der Waals surface area contributed by atoms with Crippen molar-refractivity contribution in [1.82, 2.24) is 9.80 Å². The van der Waals surface area contributed by atoms with Crippen molar-refractivity contribution < 1.29 is 23.9 Å². The zero-order valence-corrected chi connectivity index (χ0v) is 14.7. The number of thiophene rings is 1. The lowest BCUT2D eigenvalue weighted by Crippen LogP contribution is -2.50. The molecule has 8 heteroatoms. The largest absolute Gasteiger partial charge is 0.477 e. The van der Waals surface area contributed by atoms with Crippen molar-refractivity contribution in [2.24, 2.45) is 0 Å². The number of aromatic carboxylic acids is 1. The van der Waals surface area contributed by atoms with E-state index in [9.17, 15) is 18.8 Å². The van der Waals surface area contributed by atoms with E-state index < -0.39 is 11.8 Å². The van der Waals surface area contributed by atoms with Gasteiger partial charge >= 0.3 is 5.97 Å². The van der Waals surface area contributed by atoms with Crippen LogP contribution in [0.1, 0.15) is 24.9 Å². The molecule has 1 N–H and O–H groups in total. The highest BCUT2D eigenvalue weighted by Crippen LogP contribution is 2.19. The third-order valence-corrected chi connectivity index (χ3v) is 5.31. The molecule has 2 amide bonds. The van der Waals surface area contributed by atoms with Crippen LogP contribution >= 0.6 is 11.3 Å². The van der Waals surface area contributed by atoms with Crippen LogP contribution in [0.2, 0.25) is 0 Å². The molecule has 0 spiro atoms. The van der Waals surface area contributed by atoms with Crippen molar-refractivity contribution in [2.75, 3.05) is 26.2 Å². The second-order valence-corrected chi connectivity index (χ2v) is 6.99. The third kappa shape index (κ3) is 3.91. The Morgan fingerprint density at radius 2 is 1.58 bits per heavy atom. The van der Waals surface area contributed by atoms with Crippen LogP contribution in [0, 0.1) is 5.82 Å². The van der Waals surface area contributed by atoms with Crippen LogP contribution < -0.4 is 0 Å². The van der Waals surface area contributed by atoms with Crippen LogP contribution in [0.3, 0.4) is 0 Å². The molecule has 0 unspecified atom stereocenters. The third-order valence-electron chi connectivity index (χ3n) is 4.25. The second-order valence-electron chi connectivity index (χ2n) is 5.91. The number of piperazine rings is 1. The number of carbonyl (C=O) groups is 3. The van der Waals surface area contributed by atoms with Gasteiger partial charge in [0.15, 0.2) is 0 Å². The van der Waals surface area contributed by atoms with E-state index >= 15 is 0 Å². The highest BCUT2D eigenvalue weighted by molar-refractivity contribution is 7.15. The summed E-state index contributed by atoms with van der Waals surface area (Å²) in [7, 11) is 0. The molecule has 0 bridgehead atoms. The smallest absolute Gasteiger partial charge is 0.345 e. The molecule has 0 radical (unpaired) electrons. The summed E-state index contributed by atoms with van der Waals surface area (Å²) in [5.74, 6) is -1.87. The van der Waals surface area contributed by atoms with E-state index in [-0.39, 0.29) is 23.1 Å². The summed E-state index contributed by atoms with van der Waals surface area (Å²) < 4.78 is 13.7. The van der Waals surface area contributed by atoms with Crippen LogP contribution in [0.15, 0.2) is 36.4 Å². The quantitative estimate of drug-likeness (QED) is 0.887. The SMILES string of the molecule is O=C(O)c1ccc(C(=O)N2CCN(C(=O)Cc3ccccc3F)CC2)s1. The molecule has 6 nitrogen and oxygen atoms in total. The van der Waals surface area contributed by atoms with E-state index in [0.29, 0.717) is 36.6 Å². The molecule has 1 fully saturated rings. The molecule has 136 valence electrons. The fourth-order valence-corrected chi connectivity index (χ4v) is 3.61. The van der Waals surface area contributed by atoms with Crippen molar-refractivity contribution in [3.8, 4) is 0 Å². The Morgan fingerprint density at radius 1 is 0.962 bits per heavy atom. The maximum Gasteiger partial charge on any atom is 0.345 e. The fourth-order valence-electron chi connectivity index (χ4n) is 2.80. The Hall–Kier alpha value is -2.74. The molecule has 0 atom stereocenters. The van der Waals surface area contributed by atoms with Gasteiger partial charge in [-0.05, 0) is 23.8 Å². The number of halogens is 1. The van der Waals surface area contributed by atoms with Crippen LogP contribution in [-0.4, -0.2) is 58.9 Å². The van der Waals surface area contributed by atoms with Crippen molar-refractivity contribution in [3.05, 3.63) is 57.5 Å². The van der Waals surface area contributed by atoms with Gasteiger partial charge in [0.2, 0.25) is 5.91 Å². The number of carbonyl (C=O) groups excluding carboxylic acids is 2. The monoisotopic (exact) mass is 376 g/mol. The van der Waals surface area contributed by atoms with Crippen LogP contribution in [0.4, 0.5) is 4.39 Å². The van der Waals surface area contributed by atoms with E-state index in [4.69, 9.17) is 5.11 Å². The standard InChI is InChI=1S/C18H17FN2O4S/c19-13-4-2-1-3-12(13)11-16(22)20-7-9-21(10-8-20)17(23)14-5-6-15(26-14)18(24)25/h1-6H,7-11H2,(H,24,25). The maximum absolute atomic E-state index is 13.7. The van der Waals surface area contributed by atoms with Crippen molar-refractivity contribution in [1.29, 1.82) is 0 Å². The van der Waals surface area contributed by atoms with Gasteiger partial charge in [0.1, 0.15) is 10.7 Å². The zero-order chi connectivity index (χ0) is 18.7. The zero-order valence-electron chi connectivity index (χ0n) is 13.9. The van der Waals surface area contributed by atoms with Crippen molar-refractivity contribution >= 4 is 29.1 Å². The lowest BCUT2D eigenvalue weighted by Gasteiger charge is -2.34. The minimum absolute atomic E-state index is 0.00643. The highest BCUT2D eigenvalue weighted by Gasteiger charge is 2.26. The predicted molar refractivity (Wildman–Crippen MR) is 93.9 cm³/mol. The summed E-state index contributed by atoms with van der Waals surface area (Å²) in [6.45, 7) is 1.47. The molecule has 1 aliphatic rings. The Labute approximate surface area is 153 Å². The van der Waals surface area contributed by atoms with Crippen LogP contribution in [-0.2, 0) is 11.2 Å². The molecule has 1 aliphatic heterocycles. The number of hydrogen-bond donors (Lipinski definition) is 1. The fraction of sp³-hybridized carbons (Fsp3) is 0.278. The summed E-state index contributed by atoms with van der Waals surface area (Å²) in [6, 6.07) is 9.10. The first-order valence-electron chi connectivity index (χ1n) is 8.09. The van der Waals surface area contributed by atoms with Gasteiger partial charge in [0, 0.05) is 26.2 Å². The minimum Gasteiger partial charge on any atom is -0.477 e. The van der Waals surface area contributed by atoms with E-state index in [0.717, 1.165) is 11.3 Å². The van der Waals surface area contributed by atoms with Gasteiger partial charge in [-0.25, -0.2) is 9.18 Å². The molecule has 1 saturated heterocycles. The Morgan fingerprint density at radius 3 is 2.19 bits per heavy atom. The number of hydrogen-bond acceptors (Lipinski definition) is 4. The molecule has 2 aromatic rings. The summed E-state index contributed by atoms with van der Waals surface area (Å²) in [5.41, 5.74) is 0.357. The van der Waals surface area contributed by atoms with Crippen molar-refractivity contribution in [3.63, 3.8) is 0 Å². The van der Waals surface area contributed by atoms with Crippen LogP contribution in [0.5, 0.6) is 0 Å². The van der Waals surface area contributed by atoms with Gasteiger partial charge in [0.25, 0.3) is 5.91 Å². The molecule has 0 aliphatic carbocycles. The number of amides is 2. The lowest BCUT2D eigenvalue weighted by atomic mass is 10.1. The first kappa shape index (κ1) is 18.1. The maximum atomic E-state index is 13.7. The van der Waals surface area contributed by atoms with Crippen molar-refractivity contribution in [2.45, 2.75) is 6.42 Å². The van der Waals surface area contributed by atoms with E-state index in [2.05, 4.69) is 0 Å². The van der Waals surface area contributed by atoms with Gasteiger partial charge in [-0.2, -0.15) is 0 Å². The van der Waals surface area contributed by atoms with Gasteiger partial charge in [-0.3, -0.25) is 9.59 Å². The number of benzene rings is 1. The van der Waals surface area contributed by atoms with Gasteiger partial charge in [-0.15, -0.1) is 11.3 Å². The van der Waals surface area contributed by atoms with E-state index in [1.807, 2.05) is 0 Å². The average Bonchev–Trinajstić information content (AvgIpc) is 3.13. The Balaban J connectivity index is 1.56. The first-order chi connectivity index (χ1) is 12.5. The number of nitrogens with zero attached hydrogens (tertiary/aromatic N) is 2. The molecular formula is C18H17FN2O4S. The number of carboxylic acid groups (broad SMARTS) is 1. The van der Waals surface area contributed by atoms with E-state index in [1.54, 1.807) is 28.0 Å². The predicted octanol–water partition coefficient (Wildman–Crippen LogP) is 2.11. The summed E-state index contributed by atoms with van der Waals surface area (Å²) in [5, 5.41) is 8.94. The van der Waals surface area contributed by atoms with Gasteiger partial charge in [0.05, 0.1) is 11.3 Å². The Kier molecular flexibility index (Phi) is 5.32. The summed E-state index contributed by atoms with van der Waals surface area (Å²) >= 11 is 0.940. The normalized spacial score (nSPS) is 14.3. The summed E-state index contributed by atoms with van der Waals surface area (Å²) in [4.78, 5) is 39.4. The average molecular weight is 376 g/mol. The van der Waals surface area contributed by atoms with E-state index in [1.165, 1.54) is 18.2 Å². The second kappa shape index (κ2) is 7.65. The molecule has 26 heavy (non-hydrogen) atoms. The highest BCUT2D eigenvalue weighted by atomic mass is 32.1. The number of carboxylic acids is 1. The molecule has 1 aromatic carbocycles. The molecule has 2 heterocycles. The number of rotatable bonds is 4. The molecular weight excluding hydrogens is 359 g/mol. The molecule has 0 saturated carbocycles. The molecule has 3 rings (SSSR count). The van der Waals surface area contributed by atoms with Gasteiger partial charge in [-0.1, -0.05) is 18.2 Å². The topological polar surface area (TPSA) is 77.9 Å². The van der Waals surface area contributed by atoms with Crippen LogP contribution in [0.25, 0.3) is 0 Å². The molecule has 1 aromatic heterocycles. The Bertz CT molecular complexity index is 843. The minimum atomic E-state index is -1.06. The van der Waals surface area contributed by atoms with Gasteiger partial charge < -0.3 is 14.9 Å². The first-order valence-corrected chi connectivity index (χ1v) is 8.91. The lowest BCUT2D eigenvalue weighted by molar-refractivity contribution is -0.132.